The number of hydrogen-bond acceptors (Lipinski definition) is 3. The average Bonchev–Trinajstić information content (AvgIpc) is 2.77. The van der Waals surface area contributed by atoms with Gasteiger partial charge in [-0.3, -0.25) is 4.98 Å². The Bertz CT molecular complexity index is 551. The number of pyridine rings is 1. The lowest BCUT2D eigenvalue weighted by atomic mass is 10.1. The molecule has 0 aromatic carbocycles. The highest BCUT2D eigenvalue weighted by atomic mass is 14.9. The van der Waals surface area contributed by atoms with Crippen LogP contribution in [0.25, 0.3) is 0 Å². The van der Waals surface area contributed by atoms with Gasteiger partial charge in [-0.05, 0) is 36.2 Å². The van der Waals surface area contributed by atoms with Gasteiger partial charge in [0.2, 0.25) is 0 Å². The second-order valence-electron chi connectivity index (χ2n) is 4.34. The third-order valence-corrected chi connectivity index (χ3v) is 2.99. The number of nitrogens with one attached hydrogen (secondary N) is 1. The van der Waals surface area contributed by atoms with E-state index < -0.39 is 0 Å². The summed E-state index contributed by atoms with van der Waals surface area (Å²) in [7, 11) is 1.88. The van der Waals surface area contributed by atoms with Gasteiger partial charge in [0.25, 0.3) is 0 Å². The fraction of sp³-hybridized carbons (Fsp3) is 0.286. The van der Waals surface area contributed by atoms with Crippen LogP contribution in [0.4, 0.5) is 0 Å². The van der Waals surface area contributed by atoms with Gasteiger partial charge < -0.3 is 9.88 Å². The van der Waals surface area contributed by atoms with Crippen molar-refractivity contribution >= 4 is 0 Å². The lowest BCUT2D eigenvalue weighted by Crippen LogP contribution is -2.17. The summed E-state index contributed by atoms with van der Waals surface area (Å²) in [6.07, 6.45) is 5.57. The largest absolute Gasteiger partial charge is 0.342 e. The lowest BCUT2D eigenvalue weighted by molar-refractivity contribution is 0.574. The van der Waals surface area contributed by atoms with E-state index in [2.05, 4.69) is 23.3 Å². The summed E-state index contributed by atoms with van der Waals surface area (Å²) >= 11 is 0. The normalized spacial score (nSPS) is 12.1. The molecule has 0 radical (unpaired) electrons. The summed E-state index contributed by atoms with van der Waals surface area (Å²) in [4.78, 5) is 4.00. The molecular weight excluding hydrogens is 224 g/mol. The van der Waals surface area contributed by atoms with Gasteiger partial charge in [0, 0.05) is 38.2 Å². The topological polar surface area (TPSA) is 53.6 Å². The van der Waals surface area contributed by atoms with Gasteiger partial charge in [-0.1, -0.05) is 0 Å². The van der Waals surface area contributed by atoms with E-state index in [0.717, 1.165) is 12.1 Å². The van der Waals surface area contributed by atoms with E-state index in [0.29, 0.717) is 5.69 Å². The predicted molar refractivity (Wildman–Crippen MR) is 69.6 cm³/mol. The van der Waals surface area contributed by atoms with E-state index in [1.807, 2.05) is 36.0 Å². The standard InChI is InChI=1S/C14H16N4/c1-11(13-3-5-16-6-4-13)17-9-12-7-14(8-15)18(2)10-12/h3-7,10-11,17H,9H2,1-2H3/t11-/m1/s1. The van der Waals surface area contributed by atoms with Gasteiger partial charge in [0.05, 0.1) is 0 Å². The number of rotatable bonds is 4. The average molecular weight is 240 g/mol. The van der Waals surface area contributed by atoms with Crippen LogP contribution in [-0.2, 0) is 13.6 Å². The molecule has 0 amide bonds. The van der Waals surface area contributed by atoms with Crippen molar-refractivity contribution in [2.24, 2.45) is 7.05 Å². The van der Waals surface area contributed by atoms with E-state index >= 15 is 0 Å². The molecule has 0 fully saturated rings. The molecule has 18 heavy (non-hydrogen) atoms. The maximum Gasteiger partial charge on any atom is 0.120 e. The SMILES string of the molecule is C[C@@H](NCc1cc(C#N)n(C)c1)c1ccncc1. The molecule has 0 aliphatic carbocycles. The van der Waals surface area contributed by atoms with Gasteiger partial charge in [-0.2, -0.15) is 5.26 Å². The molecule has 0 spiro atoms. The zero-order valence-corrected chi connectivity index (χ0v) is 10.6. The minimum absolute atomic E-state index is 0.263. The van der Waals surface area contributed by atoms with Crippen molar-refractivity contribution in [2.45, 2.75) is 19.5 Å². The van der Waals surface area contributed by atoms with Crippen molar-refractivity contribution in [3.05, 3.63) is 53.6 Å². The van der Waals surface area contributed by atoms with Crippen molar-refractivity contribution in [3.63, 3.8) is 0 Å². The van der Waals surface area contributed by atoms with Crippen LogP contribution in [-0.4, -0.2) is 9.55 Å². The molecule has 1 atom stereocenters. The molecule has 4 nitrogen and oxygen atoms in total. The molecule has 92 valence electrons. The minimum Gasteiger partial charge on any atom is -0.342 e. The quantitative estimate of drug-likeness (QED) is 0.890. The van der Waals surface area contributed by atoms with Crippen LogP contribution < -0.4 is 5.32 Å². The van der Waals surface area contributed by atoms with Crippen LogP contribution in [0.5, 0.6) is 0 Å². The first-order valence-corrected chi connectivity index (χ1v) is 5.89. The molecule has 0 unspecified atom stereocenters. The fourth-order valence-corrected chi connectivity index (χ4v) is 1.88. The van der Waals surface area contributed by atoms with Crippen LogP contribution in [0.1, 0.15) is 29.8 Å². The third-order valence-electron chi connectivity index (χ3n) is 2.99. The van der Waals surface area contributed by atoms with Crippen LogP contribution in [0.2, 0.25) is 0 Å². The minimum atomic E-state index is 0.263. The van der Waals surface area contributed by atoms with Crippen LogP contribution >= 0.6 is 0 Å². The summed E-state index contributed by atoms with van der Waals surface area (Å²) < 4.78 is 1.84. The zero-order chi connectivity index (χ0) is 13.0. The molecule has 0 saturated heterocycles. The molecule has 0 saturated carbocycles. The van der Waals surface area contributed by atoms with Crippen LogP contribution in [0.15, 0.2) is 36.8 Å². The number of hydrogen-bond donors (Lipinski definition) is 1. The van der Waals surface area contributed by atoms with Crippen molar-refractivity contribution in [1.82, 2.24) is 14.9 Å². The van der Waals surface area contributed by atoms with Gasteiger partial charge in [-0.25, -0.2) is 0 Å². The lowest BCUT2D eigenvalue weighted by Gasteiger charge is -2.13. The number of nitriles is 1. The van der Waals surface area contributed by atoms with E-state index in [1.165, 1.54) is 5.56 Å². The second kappa shape index (κ2) is 5.48. The Morgan fingerprint density at radius 3 is 2.78 bits per heavy atom. The molecule has 2 heterocycles. The van der Waals surface area contributed by atoms with Gasteiger partial charge in [0.15, 0.2) is 0 Å². The molecule has 2 aromatic heterocycles. The molecule has 4 heteroatoms. The van der Waals surface area contributed by atoms with Crippen molar-refractivity contribution in [2.75, 3.05) is 0 Å². The van der Waals surface area contributed by atoms with Crippen molar-refractivity contribution in [3.8, 4) is 6.07 Å². The summed E-state index contributed by atoms with van der Waals surface area (Å²) in [5, 5.41) is 12.3. The molecule has 0 aliphatic rings. The van der Waals surface area contributed by atoms with E-state index in [9.17, 15) is 0 Å². The summed E-state index contributed by atoms with van der Waals surface area (Å²) in [5.41, 5.74) is 3.01. The Balaban J connectivity index is 1.97. The highest BCUT2D eigenvalue weighted by Crippen LogP contribution is 2.12. The molecule has 0 bridgehead atoms. The van der Waals surface area contributed by atoms with Gasteiger partial charge >= 0.3 is 0 Å². The number of aryl methyl sites for hydroxylation is 1. The molecule has 2 rings (SSSR count). The first kappa shape index (κ1) is 12.3. The van der Waals surface area contributed by atoms with Crippen LogP contribution in [0, 0.1) is 11.3 Å². The first-order chi connectivity index (χ1) is 8.70. The highest BCUT2D eigenvalue weighted by molar-refractivity contribution is 5.28. The Kier molecular flexibility index (Phi) is 3.75. The smallest absolute Gasteiger partial charge is 0.120 e. The van der Waals surface area contributed by atoms with Gasteiger partial charge in [0.1, 0.15) is 11.8 Å². The summed E-state index contributed by atoms with van der Waals surface area (Å²) in [5.74, 6) is 0. The van der Waals surface area contributed by atoms with E-state index in [4.69, 9.17) is 5.26 Å². The Morgan fingerprint density at radius 2 is 2.17 bits per heavy atom. The first-order valence-electron chi connectivity index (χ1n) is 5.89. The predicted octanol–water partition coefficient (Wildman–Crippen LogP) is 2.14. The maximum atomic E-state index is 8.89. The zero-order valence-electron chi connectivity index (χ0n) is 10.6. The molecule has 0 aliphatic heterocycles. The molecule has 2 aromatic rings. The molecule has 1 N–H and O–H groups in total. The van der Waals surface area contributed by atoms with Crippen molar-refractivity contribution < 1.29 is 0 Å². The van der Waals surface area contributed by atoms with Crippen LogP contribution in [0.3, 0.4) is 0 Å². The second-order valence-corrected chi connectivity index (χ2v) is 4.34. The highest BCUT2D eigenvalue weighted by Gasteiger charge is 2.06. The molecular formula is C14H16N4. The monoisotopic (exact) mass is 240 g/mol. The van der Waals surface area contributed by atoms with Crippen molar-refractivity contribution in [1.29, 1.82) is 5.26 Å². The maximum absolute atomic E-state index is 8.89. The Hall–Kier alpha value is -2.12. The summed E-state index contributed by atoms with van der Waals surface area (Å²) in [6.45, 7) is 2.86. The van der Waals surface area contributed by atoms with E-state index in [1.54, 1.807) is 12.4 Å². The summed E-state index contributed by atoms with van der Waals surface area (Å²) in [6, 6.07) is 8.34. The third kappa shape index (κ3) is 2.76. The Labute approximate surface area is 107 Å². The number of aromatic nitrogens is 2. The van der Waals surface area contributed by atoms with Gasteiger partial charge in [-0.15, -0.1) is 0 Å². The fourth-order valence-electron chi connectivity index (χ4n) is 1.88. The Morgan fingerprint density at radius 1 is 1.44 bits per heavy atom. The number of nitrogens with zero attached hydrogens (tertiary/aromatic N) is 3. The van der Waals surface area contributed by atoms with E-state index in [-0.39, 0.29) is 6.04 Å².